The molecule has 170 valence electrons. The van der Waals surface area contributed by atoms with Gasteiger partial charge in [-0.15, -0.1) is 0 Å². The lowest BCUT2D eigenvalue weighted by molar-refractivity contribution is 0.0949. The molecular weight excluding hydrogens is 434 g/mol. The Morgan fingerprint density at radius 1 is 0.971 bits per heavy atom. The number of nitrogens with zero attached hydrogens (tertiary/aromatic N) is 1. The van der Waals surface area contributed by atoms with E-state index in [1.807, 2.05) is 6.92 Å². The van der Waals surface area contributed by atoms with E-state index < -0.39 is 5.82 Å². The van der Waals surface area contributed by atoms with Crippen LogP contribution in [0, 0.1) is 11.6 Å². The number of benzene rings is 3. The first-order valence-corrected chi connectivity index (χ1v) is 11.3. The number of ketones is 1. The number of hydrogen-bond donors (Lipinski definition) is 1. The van der Waals surface area contributed by atoms with Crippen molar-refractivity contribution in [2.45, 2.75) is 26.2 Å². The molecule has 1 aromatic heterocycles. The smallest absolute Gasteiger partial charge is 0.252 e. The summed E-state index contributed by atoms with van der Waals surface area (Å²) in [6.45, 7) is 2.43. The molecule has 0 aliphatic heterocycles. The molecule has 1 N–H and O–H groups in total. The van der Waals surface area contributed by atoms with Gasteiger partial charge in [0, 0.05) is 35.0 Å². The van der Waals surface area contributed by atoms with E-state index in [1.54, 1.807) is 42.5 Å². The van der Waals surface area contributed by atoms with Gasteiger partial charge in [0.15, 0.2) is 5.78 Å². The number of halogens is 2. The average Bonchev–Trinajstić information content (AvgIpc) is 2.97. The van der Waals surface area contributed by atoms with Crippen LogP contribution in [0.5, 0.6) is 0 Å². The number of nitrogens with one attached hydrogen (secondary N) is 1. The van der Waals surface area contributed by atoms with Gasteiger partial charge in [0.05, 0.1) is 16.8 Å². The molecule has 1 amide bonds. The highest BCUT2D eigenvalue weighted by Crippen LogP contribution is 2.38. The molecule has 6 heteroatoms. The first-order valence-electron chi connectivity index (χ1n) is 11.3. The molecule has 0 fully saturated rings. The van der Waals surface area contributed by atoms with E-state index in [0.29, 0.717) is 62.9 Å². The maximum atomic E-state index is 14.4. The molecule has 0 saturated carbocycles. The van der Waals surface area contributed by atoms with Crippen LogP contribution in [0.4, 0.5) is 8.78 Å². The third-order valence-electron chi connectivity index (χ3n) is 6.17. The van der Waals surface area contributed by atoms with Crippen LogP contribution < -0.4 is 5.32 Å². The Morgan fingerprint density at radius 3 is 2.59 bits per heavy atom. The molecule has 0 radical (unpaired) electrons. The molecule has 4 aromatic rings. The molecule has 5 rings (SSSR count). The van der Waals surface area contributed by atoms with Crippen LogP contribution in [0.3, 0.4) is 0 Å². The number of pyridine rings is 1. The van der Waals surface area contributed by atoms with Gasteiger partial charge in [-0.25, -0.2) is 13.8 Å². The van der Waals surface area contributed by atoms with E-state index in [4.69, 9.17) is 4.98 Å². The van der Waals surface area contributed by atoms with Crippen molar-refractivity contribution >= 4 is 22.6 Å². The topological polar surface area (TPSA) is 59.1 Å². The molecule has 0 unspecified atom stereocenters. The number of carbonyl (C=O) groups is 2. The standard InChI is InChI=1S/C28H22F2N2O2/c1-2-13-31-28(34)26-20-10-12-25(33)21-14-16(18-5-3-4-6-23(18)30)7-9-19(21)27(20)32-24-11-8-17(29)15-22(24)26/h3-9,11,14-15H,2,10,12-13H2,1H3,(H,31,34). The number of carbonyl (C=O) groups excluding carboxylic acids is 2. The van der Waals surface area contributed by atoms with Gasteiger partial charge < -0.3 is 5.32 Å². The van der Waals surface area contributed by atoms with Crippen LogP contribution in [-0.2, 0) is 6.42 Å². The Morgan fingerprint density at radius 2 is 1.79 bits per heavy atom. The van der Waals surface area contributed by atoms with Crippen LogP contribution in [0.25, 0.3) is 33.3 Å². The zero-order chi connectivity index (χ0) is 23.8. The van der Waals surface area contributed by atoms with Crippen LogP contribution in [0.1, 0.15) is 46.0 Å². The lowest BCUT2D eigenvalue weighted by Gasteiger charge is -2.16. The molecule has 4 nitrogen and oxygen atoms in total. The second-order valence-electron chi connectivity index (χ2n) is 8.39. The Hall–Kier alpha value is -3.93. The summed E-state index contributed by atoms with van der Waals surface area (Å²) in [4.78, 5) is 31.1. The predicted octanol–water partition coefficient (Wildman–Crippen LogP) is 6.12. The van der Waals surface area contributed by atoms with Crippen LogP contribution in [-0.4, -0.2) is 23.2 Å². The maximum Gasteiger partial charge on any atom is 0.252 e. The van der Waals surface area contributed by atoms with Crippen molar-refractivity contribution in [3.05, 3.63) is 89.0 Å². The summed E-state index contributed by atoms with van der Waals surface area (Å²) in [6, 6.07) is 15.8. The molecular formula is C28H22F2N2O2. The fourth-order valence-electron chi connectivity index (χ4n) is 4.54. The van der Waals surface area contributed by atoms with Crippen molar-refractivity contribution in [3.63, 3.8) is 0 Å². The fraction of sp³-hybridized carbons (Fsp3) is 0.179. The van der Waals surface area contributed by atoms with Crippen LogP contribution >= 0.6 is 0 Å². The first kappa shape index (κ1) is 21.9. The molecule has 0 atom stereocenters. The molecule has 0 saturated heterocycles. The number of rotatable bonds is 4. The van der Waals surface area contributed by atoms with Crippen molar-refractivity contribution in [2.75, 3.05) is 6.54 Å². The summed E-state index contributed by atoms with van der Waals surface area (Å²) < 4.78 is 28.5. The van der Waals surface area contributed by atoms with Crippen molar-refractivity contribution < 1.29 is 18.4 Å². The van der Waals surface area contributed by atoms with Gasteiger partial charge in [-0.3, -0.25) is 9.59 Å². The van der Waals surface area contributed by atoms with Gasteiger partial charge in [-0.05, 0) is 54.3 Å². The summed E-state index contributed by atoms with van der Waals surface area (Å²) in [5, 5.41) is 3.31. The maximum absolute atomic E-state index is 14.4. The number of Topliss-reactive ketones (excluding diaryl/α,β-unsaturated/α-hetero) is 1. The predicted molar refractivity (Wildman–Crippen MR) is 128 cm³/mol. The highest BCUT2D eigenvalue weighted by atomic mass is 19.1. The number of amides is 1. The number of fused-ring (bicyclic) bond motifs is 4. The highest BCUT2D eigenvalue weighted by molar-refractivity contribution is 6.11. The number of aromatic nitrogens is 1. The summed E-state index contributed by atoms with van der Waals surface area (Å²) in [5.74, 6) is -1.25. The second-order valence-corrected chi connectivity index (χ2v) is 8.39. The first-order chi connectivity index (χ1) is 16.5. The minimum Gasteiger partial charge on any atom is -0.352 e. The van der Waals surface area contributed by atoms with Gasteiger partial charge in [-0.1, -0.05) is 37.3 Å². The van der Waals surface area contributed by atoms with Crippen molar-refractivity contribution in [3.8, 4) is 22.4 Å². The minimum atomic E-state index is -0.460. The molecule has 0 bridgehead atoms. The molecule has 1 aliphatic carbocycles. The van der Waals surface area contributed by atoms with E-state index >= 15 is 0 Å². The van der Waals surface area contributed by atoms with E-state index in [1.165, 1.54) is 18.2 Å². The normalized spacial score (nSPS) is 12.7. The zero-order valence-electron chi connectivity index (χ0n) is 18.6. The molecule has 1 heterocycles. The van der Waals surface area contributed by atoms with Crippen LogP contribution in [0.15, 0.2) is 60.7 Å². The van der Waals surface area contributed by atoms with E-state index in [9.17, 15) is 18.4 Å². The van der Waals surface area contributed by atoms with E-state index in [0.717, 1.165) is 6.42 Å². The van der Waals surface area contributed by atoms with Gasteiger partial charge in [0.1, 0.15) is 11.6 Å². The zero-order valence-corrected chi connectivity index (χ0v) is 18.6. The average molecular weight is 456 g/mol. The van der Waals surface area contributed by atoms with Crippen molar-refractivity contribution in [1.82, 2.24) is 10.3 Å². The van der Waals surface area contributed by atoms with Crippen molar-refractivity contribution in [1.29, 1.82) is 0 Å². The van der Waals surface area contributed by atoms with Crippen LogP contribution in [0.2, 0.25) is 0 Å². The third kappa shape index (κ3) is 3.75. The Bertz CT molecular complexity index is 1460. The Kier molecular flexibility index (Phi) is 5.65. The summed E-state index contributed by atoms with van der Waals surface area (Å²) in [6.07, 6.45) is 1.22. The van der Waals surface area contributed by atoms with Gasteiger partial charge in [0.2, 0.25) is 0 Å². The van der Waals surface area contributed by atoms with Gasteiger partial charge >= 0.3 is 0 Å². The van der Waals surface area contributed by atoms with Gasteiger partial charge in [0.25, 0.3) is 5.91 Å². The minimum absolute atomic E-state index is 0.110. The highest BCUT2D eigenvalue weighted by Gasteiger charge is 2.28. The van der Waals surface area contributed by atoms with Gasteiger partial charge in [-0.2, -0.15) is 0 Å². The second kappa shape index (κ2) is 8.78. The largest absolute Gasteiger partial charge is 0.352 e. The molecule has 0 spiro atoms. The fourth-order valence-corrected chi connectivity index (χ4v) is 4.54. The monoisotopic (exact) mass is 456 g/mol. The van der Waals surface area contributed by atoms with E-state index in [2.05, 4.69) is 5.32 Å². The molecule has 3 aromatic carbocycles. The lowest BCUT2D eigenvalue weighted by atomic mass is 9.92. The van der Waals surface area contributed by atoms with Crippen molar-refractivity contribution in [2.24, 2.45) is 0 Å². The molecule has 1 aliphatic rings. The lowest BCUT2D eigenvalue weighted by Crippen LogP contribution is -2.26. The SMILES string of the molecule is CCCNC(=O)c1c2c(nc3ccc(F)cc13)-c1ccc(-c3ccccc3F)cc1C(=O)CC2. The molecule has 34 heavy (non-hydrogen) atoms. The number of hydrogen-bond acceptors (Lipinski definition) is 3. The summed E-state index contributed by atoms with van der Waals surface area (Å²) in [7, 11) is 0. The summed E-state index contributed by atoms with van der Waals surface area (Å²) >= 11 is 0. The summed E-state index contributed by atoms with van der Waals surface area (Å²) in [5.41, 5.74) is 4.01. The quantitative estimate of drug-likeness (QED) is 0.403. The Labute approximate surface area is 195 Å². The third-order valence-corrected chi connectivity index (χ3v) is 6.17. The van der Waals surface area contributed by atoms with E-state index in [-0.39, 0.29) is 23.9 Å². The Balaban J connectivity index is 1.76.